The lowest BCUT2D eigenvalue weighted by Gasteiger charge is -2.18. The molecule has 2 nitrogen and oxygen atoms in total. The van der Waals surface area contributed by atoms with Gasteiger partial charge in [-0.2, -0.15) is 5.26 Å². The number of hydrogen-bond donors (Lipinski definition) is 0. The molecule has 0 N–H and O–H groups in total. The molecule has 0 amide bonds. The summed E-state index contributed by atoms with van der Waals surface area (Å²) in [7, 11) is 1.70. The Bertz CT molecular complexity index is 512. The minimum absolute atomic E-state index is 0.634. The van der Waals surface area contributed by atoms with Crippen LogP contribution < -0.4 is 4.74 Å². The average molecular weight is 297 g/mol. The molecule has 0 saturated heterocycles. The van der Waals surface area contributed by atoms with E-state index in [1.54, 1.807) is 12.7 Å². The minimum Gasteiger partial charge on any atom is -0.497 e. The molecule has 1 aromatic carbocycles. The third kappa shape index (κ3) is 5.22. The van der Waals surface area contributed by atoms with Crippen LogP contribution in [0.1, 0.15) is 63.4 Å². The Morgan fingerprint density at radius 3 is 2.27 bits per heavy atom. The molecule has 0 aliphatic heterocycles. The molecule has 2 rings (SSSR count). The lowest BCUT2D eigenvalue weighted by atomic mass is 9.88. The Morgan fingerprint density at radius 2 is 1.68 bits per heavy atom. The molecule has 0 radical (unpaired) electrons. The summed E-state index contributed by atoms with van der Waals surface area (Å²) in [5.41, 5.74) is 4.46. The van der Waals surface area contributed by atoms with Gasteiger partial charge >= 0.3 is 0 Å². The van der Waals surface area contributed by atoms with Crippen molar-refractivity contribution >= 4 is 0 Å². The number of hydrogen-bond acceptors (Lipinski definition) is 2. The maximum atomic E-state index is 8.96. The van der Waals surface area contributed by atoms with E-state index in [-0.39, 0.29) is 0 Å². The molecular weight excluding hydrogens is 270 g/mol. The standard InChI is InChI=1S/C20H27NO/c1-22-20-13-11-17(12-14-20)16-19(10-7-15-21)18-8-5-3-2-4-6-9-18/h11-14H,2-10,16H2,1H3. The summed E-state index contributed by atoms with van der Waals surface area (Å²) in [6.07, 6.45) is 11.7. The lowest BCUT2D eigenvalue weighted by molar-refractivity contribution is 0.414. The highest BCUT2D eigenvalue weighted by atomic mass is 16.5. The number of methoxy groups -OCH3 is 1. The summed E-state index contributed by atoms with van der Waals surface area (Å²) < 4.78 is 5.23. The number of nitrogens with zero attached hydrogens (tertiary/aromatic N) is 1. The number of nitriles is 1. The van der Waals surface area contributed by atoms with Crippen LogP contribution in [0.5, 0.6) is 5.75 Å². The predicted octanol–water partition coefficient (Wildman–Crippen LogP) is 5.58. The highest BCUT2D eigenvalue weighted by molar-refractivity contribution is 5.31. The summed E-state index contributed by atoms with van der Waals surface area (Å²) >= 11 is 0. The van der Waals surface area contributed by atoms with Gasteiger partial charge in [0.05, 0.1) is 13.2 Å². The van der Waals surface area contributed by atoms with Gasteiger partial charge in [0.1, 0.15) is 5.75 Å². The van der Waals surface area contributed by atoms with Gasteiger partial charge in [-0.05, 0) is 56.2 Å². The molecule has 1 aromatic rings. The van der Waals surface area contributed by atoms with Crippen molar-refractivity contribution in [2.45, 2.75) is 64.2 Å². The maximum Gasteiger partial charge on any atom is 0.118 e. The molecule has 0 aromatic heterocycles. The van der Waals surface area contributed by atoms with Gasteiger partial charge < -0.3 is 4.74 Å². The van der Waals surface area contributed by atoms with Crippen molar-refractivity contribution in [2.75, 3.05) is 7.11 Å². The van der Waals surface area contributed by atoms with Gasteiger partial charge in [-0.15, -0.1) is 0 Å². The summed E-state index contributed by atoms with van der Waals surface area (Å²) in [6.45, 7) is 0. The van der Waals surface area contributed by atoms with E-state index in [2.05, 4.69) is 18.2 Å². The van der Waals surface area contributed by atoms with E-state index in [1.165, 1.54) is 56.1 Å². The van der Waals surface area contributed by atoms with Gasteiger partial charge in [0.2, 0.25) is 0 Å². The average Bonchev–Trinajstić information content (AvgIpc) is 2.52. The largest absolute Gasteiger partial charge is 0.497 e. The zero-order chi connectivity index (χ0) is 15.6. The zero-order valence-electron chi connectivity index (χ0n) is 13.7. The molecule has 1 aliphatic rings. The Hall–Kier alpha value is -1.75. The van der Waals surface area contributed by atoms with Crippen molar-refractivity contribution in [3.05, 3.63) is 41.0 Å². The quantitative estimate of drug-likeness (QED) is 0.664. The van der Waals surface area contributed by atoms with E-state index in [0.29, 0.717) is 6.42 Å². The second kappa shape index (κ2) is 9.30. The van der Waals surface area contributed by atoms with E-state index in [1.807, 2.05) is 12.1 Å². The van der Waals surface area contributed by atoms with Gasteiger partial charge in [0.25, 0.3) is 0 Å². The summed E-state index contributed by atoms with van der Waals surface area (Å²) in [6, 6.07) is 10.7. The van der Waals surface area contributed by atoms with Crippen molar-refractivity contribution in [1.29, 1.82) is 5.26 Å². The highest BCUT2D eigenvalue weighted by Gasteiger charge is 2.10. The third-order valence-corrected chi connectivity index (χ3v) is 4.57. The van der Waals surface area contributed by atoms with Crippen LogP contribution in [0.4, 0.5) is 0 Å². The van der Waals surface area contributed by atoms with Crippen LogP contribution in [-0.4, -0.2) is 7.11 Å². The van der Waals surface area contributed by atoms with Gasteiger partial charge in [0, 0.05) is 6.42 Å². The first-order chi connectivity index (χ1) is 10.8. The van der Waals surface area contributed by atoms with Gasteiger partial charge in [-0.3, -0.25) is 0 Å². The fourth-order valence-electron chi connectivity index (χ4n) is 3.27. The molecule has 0 heterocycles. The SMILES string of the molecule is COc1ccc(CC(CCC#N)=C2CCCCCCC2)cc1. The van der Waals surface area contributed by atoms with E-state index < -0.39 is 0 Å². The third-order valence-electron chi connectivity index (χ3n) is 4.57. The molecule has 2 heteroatoms. The number of benzene rings is 1. The van der Waals surface area contributed by atoms with Gasteiger partial charge in [-0.25, -0.2) is 0 Å². The van der Waals surface area contributed by atoms with Crippen LogP contribution in [0.3, 0.4) is 0 Å². The first-order valence-corrected chi connectivity index (χ1v) is 8.53. The fourth-order valence-corrected chi connectivity index (χ4v) is 3.27. The Morgan fingerprint density at radius 1 is 1.05 bits per heavy atom. The molecule has 1 saturated carbocycles. The molecule has 0 spiro atoms. The topological polar surface area (TPSA) is 33.0 Å². The van der Waals surface area contributed by atoms with Crippen molar-refractivity contribution in [2.24, 2.45) is 0 Å². The Balaban J connectivity index is 2.14. The summed E-state index contributed by atoms with van der Waals surface area (Å²) in [5, 5.41) is 8.96. The molecular formula is C20H27NO. The second-order valence-electron chi connectivity index (χ2n) is 6.16. The van der Waals surface area contributed by atoms with Crippen LogP contribution in [0.15, 0.2) is 35.4 Å². The van der Waals surface area contributed by atoms with Gasteiger partial charge in [0.15, 0.2) is 0 Å². The van der Waals surface area contributed by atoms with E-state index in [4.69, 9.17) is 10.00 Å². The molecule has 0 atom stereocenters. The molecule has 22 heavy (non-hydrogen) atoms. The highest BCUT2D eigenvalue weighted by Crippen LogP contribution is 2.28. The van der Waals surface area contributed by atoms with Crippen molar-refractivity contribution in [3.8, 4) is 11.8 Å². The zero-order valence-corrected chi connectivity index (χ0v) is 13.7. The lowest BCUT2D eigenvalue weighted by Crippen LogP contribution is -2.01. The molecule has 0 bridgehead atoms. The number of ether oxygens (including phenoxy) is 1. The van der Waals surface area contributed by atoms with Crippen LogP contribution >= 0.6 is 0 Å². The van der Waals surface area contributed by atoms with Crippen molar-refractivity contribution in [3.63, 3.8) is 0 Å². The number of allylic oxidation sites excluding steroid dienone is 2. The second-order valence-corrected chi connectivity index (χ2v) is 6.16. The Labute approximate surface area is 134 Å². The van der Waals surface area contributed by atoms with E-state index >= 15 is 0 Å². The number of rotatable bonds is 5. The van der Waals surface area contributed by atoms with Crippen molar-refractivity contribution in [1.82, 2.24) is 0 Å². The van der Waals surface area contributed by atoms with Crippen LogP contribution in [0.25, 0.3) is 0 Å². The molecule has 118 valence electrons. The van der Waals surface area contributed by atoms with Crippen LogP contribution in [0, 0.1) is 11.3 Å². The predicted molar refractivity (Wildman–Crippen MR) is 90.9 cm³/mol. The fraction of sp³-hybridized carbons (Fsp3) is 0.550. The van der Waals surface area contributed by atoms with Gasteiger partial charge in [-0.1, -0.05) is 42.5 Å². The summed E-state index contributed by atoms with van der Waals surface area (Å²) in [5.74, 6) is 0.904. The van der Waals surface area contributed by atoms with Crippen molar-refractivity contribution < 1.29 is 4.74 Å². The first kappa shape index (κ1) is 16.6. The van der Waals surface area contributed by atoms with Crippen LogP contribution in [0.2, 0.25) is 0 Å². The van der Waals surface area contributed by atoms with Crippen LogP contribution in [-0.2, 0) is 6.42 Å². The Kier molecular flexibility index (Phi) is 7.03. The van der Waals surface area contributed by atoms with E-state index in [9.17, 15) is 0 Å². The molecule has 1 fully saturated rings. The normalized spacial score (nSPS) is 15.5. The smallest absolute Gasteiger partial charge is 0.118 e. The summed E-state index contributed by atoms with van der Waals surface area (Å²) in [4.78, 5) is 0. The molecule has 0 unspecified atom stereocenters. The molecule has 1 aliphatic carbocycles. The monoisotopic (exact) mass is 297 g/mol. The first-order valence-electron chi connectivity index (χ1n) is 8.53. The van der Waals surface area contributed by atoms with E-state index in [0.717, 1.165) is 18.6 Å². The minimum atomic E-state index is 0.634. The maximum absolute atomic E-state index is 8.96.